The number of rotatable bonds is 4. The van der Waals surface area contributed by atoms with Crippen molar-refractivity contribution in [1.82, 2.24) is 0 Å². The summed E-state index contributed by atoms with van der Waals surface area (Å²) >= 11 is 3.31. The largest absolute Gasteiger partial charge is 0.487 e. The molecule has 0 aliphatic heterocycles. The average molecular weight is 306 g/mol. The predicted molar refractivity (Wildman–Crippen MR) is 80.1 cm³/mol. The van der Waals surface area contributed by atoms with Crippen LogP contribution in [0.15, 0.2) is 47.5 Å². The first-order valence-electron chi connectivity index (χ1n) is 5.83. The number of benzene rings is 2. The highest BCUT2D eigenvalue weighted by molar-refractivity contribution is 9.11. The standard InChI is InChI=1S/C15H16BrNO/c1-10(16)9-18-15-13(11(2)17)8-7-12-5-3-4-6-14(12)15/h3-8,11H,1,9,17H2,2H3/t11-/m1/s1. The first kappa shape index (κ1) is 13.1. The Balaban J connectivity index is 2.55. The van der Waals surface area contributed by atoms with Crippen molar-refractivity contribution in [3.8, 4) is 5.75 Å². The van der Waals surface area contributed by atoms with Crippen molar-refractivity contribution < 1.29 is 4.74 Å². The first-order chi connectivity index (χ1) is 8.59. The lowest BCUT2D eigenvalue weighted by molar-refractivity contribution is 0.359. The van der Waals surface area contributed by atoms with Crippen molar-refractivity contribution >= 4 is 26.7 Å². The second kappa shape index (κ2) is 5.55. The molecule has 0 aliphatic rings. The summed E-state index contributed by atoms with van der Waals surface area (Å²) in [5, 5.41) is 2.23. The van der Waals surface area contributed by atoms with E-state index in [0.29, 0.717) is 6.61 Å². The van der Waals surface area contributed by atoms with Crippen molar-refractivity contribution in [1.29, 1.82) is 0 Å². The van der Waals surface area contributed by atoms with Crippen LogP contribution in [0, 0.1) is 0 Å². The minimum atomic E-state index is -0.0619. The second-order valence-electron chi connectivity index (χ2n) is 4.30. The lowest BCUT2D eigenvalue weighted by Gasteiger charge is -2.16. The normalized spacial score (nSPS) is 12.4. The molecule has 0 bridgehead atoms. The molecule has 2 N–H and O–H groups in total. The Bertz CT molecular complexity index is 578. The Morgan fingerprint density at radius 1 is 1.33 bits per heavy atom. The summed E-state index contributed by atoms with van der Waals surface area (Å²) in [6, 6.07) is 12.2. The van der Waals surface area contributed by atoms with E-state index in [-0.39, 0.29) is 6.04 Å². The van der Waals surface area contributed by atoms with Gasteiger partial charge in [-0.1, -0.05) is 58.9 Å². The van der Waals surface area contributed by atoms with E-state index in [0.717, 1.165) is 26.6 Å². The molecular formula is C15H16BrNO. The van der Waals surface area contributed by atoms with Gasteiger partial charge in [-0.2, -0.15) is 0 Å². The van der Waals surface area contributed by atoms with Gasteiger partial charge in [-0.3, -0.25) is 0 Å². The molecule has 0 aromatic heterocycles. The average Bonchev–Trinajstić information content (AvgIpc) is 2.35. The zero-order valence-corrected chi connectivity index (χ0v) is 11.9. The van der Waals surface area contributed by atoms with Crippen molar-refractivity contribution in [2.24, 2.45) is 5.73 Å². The maximum atomic E-state index is 6.00. The van der Waals surface area contributed by atoms with Gasteiger partial charge < -0.3 is 10.5 Å². The third-order valence-corrected chi connectivity index (χ3v) is 3.00. The molecule has 0 radical (unpaired) electrons. The topological polar surface area (TPSA) is 35.2 Å². The smallest absolute Gasteiger partial charge is 0.132 e. The van der Waals surface area contributed by atoms with E-state index in [1.165, 1.54) is 0 Å². The molecule has 0 saturated heterocycles. The van der Waals surface area contributed by atoms with Gasteiger partial charge in [0.25, 0.3) is 0 Å². The highest BCUT2D eigenvalue weighted by Crippen LogP contribution is 2.33. The van der Waals surface area contributed by atoms with Crippen LogP contribution in [0.3, 0.4) is 0 Å². The molecule has 2 nitrogen and oxygen atoms in total. The number of hydrogen-bond acceptors (Lipinski definition) is 2. The third kappa shape index (κ3) is 2.74. The highest BCUT2D eigenvalue weighted by atomic mass is 79.9. The van der Waals surface area contributed by atoms with Crippen LogP contribution in [0.25, 0.3) is 10.8 Å². The van der Waals surface area contributed by atoms with Gasteiger partial charge in [0.15, 0.2) is 0 Å². The van der Waals surface area contributed by atoms with Gasteiger partial charge in [0.1, 0.15) is 12.4 Å². The van der Waals surface area contributed by atoms with Crippen molar-refractivity contribution in [2.45, 2.75) is 13.0 Å². The highest BCUT2D eigenvalue weighted by Gasteiger charge is 2.12. The van der Waals surface area contributed by atoms with E-state index in [1.807, 2.05) is 31.2 Å². The maximum Gasteiger partial charge on any atom is 0.132 e. The number of fused-ring (bicyclic) bond motifs is 1. The molecule has 94 valence electrons. The Hall–Kier alpha value is -1.32. The van der Waals surface area contributed by atoms with Crippen LogP contribution in [0.4, 0.5) is 0 Å². The fourth-order valence-electron chi connectivity index (χ4n) is 1.93. The Morgan fingerprint density at radius 2 is 2.06 bits per heavy atom. The van der Waals surface area contributed by atoms with E-state index in [9.17, 15) is 0 Å². The zero-order valence-electron chi connectivity index (χ0n) is 10.3. The molecule has 0 fully saturated rings. The van der Waals surface area contributed by atoms with Crippen LogP contribution in [0.1, 0.15) is 18.5 Å². The molecule has 2 rings (SSSR count). The molecule has 0 unspecified atom stereocenters. The minimum Gasteiger partial charge on any atom is -0.487 e. The van der Waals surface area contributed by atoms with Gasteiger partial charge in [-0.15, -0.1) is 0 Å². The molecular weight excluding hydrogens is 290 g/mol. The predicted octanol–water partition coefficient (Wildman–Crippen LogP) is 4.15. The molecule has 0 spiro atoms. The van der Waals surface area contributed by atoms with Gasteiger partial charge in [-0.25, -0.2) is 0 Å². The van der Waals surface area contributed by atoms with Gasteiger partial charge in [0.2, 0.25) is 0 Å². The van der Waals surface area contributed by atoms with E-state index in [1.54, 1.807) is 0 Å². The number of ether oxygens (including phenoxy) is 1. The molecule has 3 heteroatoms. The summed E-state index contributed by atoms with van der Waals surface area (Å²) in [4.78, 5) is 0. The summed E-state index contributed by atoms with van der Waals surface area (Å²) < 4.78 is 6.66. The van der Waals surface area contributed by atoms with E-state index < -0.39 is 0 Å². The molecule has 0 heterocycles. The maximum absolute atomic E-state index is 6.00. The lowest BCUT2D eigenvalue weighted by Crippen LogP contribution is -2.09. The lowest BCUT2D eigenvalue weighted by atomic mass is 10.0. The third-order valence-electron chi connectivity index (χ3n) is 2.77. The fourth-order valence-corrected chi connectivity index (χ4v) is 2.04. The fraction of sp³-hybridized carbons (Fsp3) is 0.200. The van der Waals surface area contributed by atoms with Crippen molar-refractivity contribution in [3.63, 3.8) is 0 Å². The zero-order chi connectivity index (χ0) is 13.1. The van der Waals surface area contributed by atoms with Crippen molar-refractivity contribution in [3.05, 3.63) is 53.0 Å². The molecule has 0 aliphatic carbocycles. The van der Waals surface area contributed by atoms with Crippen LogP contribution < -0.4 is 10.5 Å². The number of halogens is 1. The molecule has 0 amide bonds. The van der Waals surface area contributed by atoms with Crippen LogP contribution >= 0.6 is 15.9 Å². The van der Waals surface area contributed by atoms with Crippen molar-refractivity contribution in [2.75, 3.05) is 6.61 Å². The van der Waals surface area contributed by atoms with Crippen LogP contribution in [-0.2, 0) is 0 Å². The first-order valence-corrected chi connectivity index (χ1v) is 6.62. The molecule has 18 heavy (non-hydrogen) atoms. The summed E-state index contributed by atoms with van der Waals surface area (Å²) in [7, 11) is 0. The SMILES string of the molecule is C=C(Br)COc1c([C@@H](C)N)ccc2ccccc12. The summed E-state index contributed by atoms with van der Waals surface area (Å²) in [5.74, 6) is 0.851. The molecule has 1 atom stereocenters. The van der Waals surface area contributed by atoms with E-state index in [4.69, 9.17) is 10.5 Å². The van der Waals surface area contributed by atoms with Gasteiger partial charge in [-0.05, 0) is 12.3 Å². The van der Waals surface area contributed by atoms with E-state index >= 15 is 0 Å². The monoisotopic (exact) mass is 305 g/mol. The van der Waals surface area contributed by atoms with Crippen LogP contribution in [0.5, 0.6) is 5.75 Å². The number of nitrogens with two attached hydrogens (primary N) is 1. The number of hydrogen-bond donors (Lipinski definition) is 1. The van der Waals surface area contributed by atoms with Gasteiger partial charge in [0, 0.05) is 21.5 Å². The Morgan fingerprint density at radius 3 is 2.72 bits per heavy atom. The summed E-state index contributed by atoms with van der Waals surface area (Å²) in [6.45, 7) is 6.18. The summed E-state index contributed by atoms with van der Waals surface area (Å²) in [6.07, 6.45) is 0. The Labute approximate surface area is 116 Å². The molecule has 0 saturated carbocycles. The Kier molecular flexibility index (Phi) is 4.04. The van der Waals surface area contributed by atoms with E-state index in [2.05, 4.69) is 34.6 Å². The quantitative estimate of drug-likeness (QED) is 0.921. The van der Waals surface area contributed by atoms with Crippen LogP contribution in [-0.4, -0.2) is 6.61 Å². The van der Waals surface area contributed by atoms with Crippen LogP contribution in [0.2, 0.25) is 0 Å². The second-order valence-corrected chi connectivity index (χ2v) is 5.42. The van der Waals surface area contributed by atoms with Gasteiger partial charge in [0.05, 0.1) is 0 Å². The molecule has 2 aromatic rings. The molecule has 2 aromatic carbocycles. The summed E-state index contributed by atoms with van der Waals surface area (Å²) in [5.41, 5.74) is 7.01. The van der Waals surface area contributed by atoms with Gasteiger partial charge >= 0.3 is 0 Å². The minimum absolute atomic E-state index is 0.0619.